The molecule has 1 amide bonds. The number of carbonyl (C=O) groups is 1. The Labute approximate surface area is 398 Å². The highest BCUT2D eigenvalue weighted by Crippen LogP contribution is 2.26. The average Bonchev–Trinajstić information content (AvgIpc) is 3.28. The van der Waals surface area contributed by atoms with Crippen LogP contribution < -0.4 is 5.32 Å². The molecule has 0 bridgehead atoms. The molecule has 0 aromatic carbocycles. The van der Waals surface area contributed by atoms with Crippen LogP contribution in [0.4, 0.5) is 0 Å². The number of amides is 1. The molecule has 1 heterocycles. The molecule has 0 radical (unpaired) electrons. The van der Waals surface area contributed by atoms with Crippen LogP contribution in [0, 0.1) is 0 Å². The molecule has 6 N–H and O–H groups in total. The van der Waals surface area contributed by atoms with Gasteiger partial charge in [0.05, 0.1) is 25.4 Å². The summed E-state index contributed by atoms with van der Waals surface area (Å²) in [6.45, 7) is 3.43. The fourth-order valence-corrected chi connectivity index (χ4v) is 9.38. The minimum Gasteiger partial charge on any atom is -0.394 e. The third kappa shape index (κ3) is 35.6. The summed E-state index contributed by atoms with van der Waals surface area (Å²) < 4.78 is 47.8. The van der Waals surface area contributed by atoms with Crippen molar-refractivity contribution in [3.05, 3.63) is 12.2 Å². The first-order valence-corrected chi connectivity index (χ1v) is 28.4. The second-order valence-corrected chi connectivity index (χ2v) is 20.2. The second kappa shape index (κ2) is 42.9. The van der Waals surface area contributed by atoms with Gasteiger partial charge in [-0.15, -0.1) is 0 Å². The van der Waals surface area contributed by atoms with Crippen molar-refractivity contribution in [1.29, 1.82) is 0 Å². The van der Waals surface area contributed by atoms with Gasteiger partial charge < -0.3 is 35.2 Å². The molecule has 7 atom stereocenters. The van der Waals surface area contributed by atoms with Crippen LogP contribution >= 0.6 is 0 Å². The number of allylic oxidation sites excluding steroid dienone is 1. The second-order valence-electron chi connectivity index (χ2n) is 19.2. The predicted octanol–water partition coefficient (Wildman–Crippen LogP) is 11.9. The summed E-state index contributed by atoms with van der Waals surface area (Å²) >= 11 is 0. The van der Waals surface area contributed by atoms with E-state index >= 15 is 0 Å². The molecule has 12 nitrogen and oxygen atoms in total. The maximum absolute atomic E-state index is 13.1. The maximum atomic E-state index is 13.1. The summed E-state index contributed by atoms with van der Waals surface area (Å²) in [6.07, 6.45) is 41.0. The lowest BCUT2D eigenvalue weighted by atomic mass is 9.99. The van der Waals surface area contributed by atoms with Gasteiger partial charge in [0.1, 0.15) is 24.4 Å². The highest BCUT2D eigenvalue weighted by Gasteiger charge is 2.48. The lowest BCUT2D eigenvalue weighted by Crippen LogP contribution is -2.61. The Balaban J connectivity index is 2.42. The van der Waals surface area contributed by atoms with Crippen LogP contribution in [0.15, 0.2) is 12.2 Å². The van der Waals surface area contributed by atoms with Crippen molar-refractivity contribution in [3.8, 4) is 0 Å². The molecule has 1 saturated heterocycles. The fourth-order valence-electron chi connectivity index (χ4n) is 8.87. The minimum atomic E-state index is -5.08. The van der Waals surface area contributed by atoms with E-state index in [9.17, 15) is 38.2 Å². The molecule has 7 unspecified atom stereocenters. The first-order valence-electron chi connectivity index (χ1n) is 27.1. The molecular formula is C52H101NO11S. The Kier molecular flexibility index (Phi) is 40.8. The Hall–Kier alpha value is -1.16. The summed E-state index contributed by atoms with van der Waals surface area (Å²) in [5, 5.41) is 44.9. The van der Waals surface area contributed by atoms with Gasteiger partial charge in [0.15, 0.2) is 6.29 Å². The van der Waals surface area contributed by atoms with Gasteiger partial charge in [0.2, 0.25) is 5.91 Å². The van der Waals surface area contributed by atoms with Crippen LogP contribution in [0.3, 0.4) is 0 Å². The Bertz CT molecular complexity index is 1210. The standard InChI is InChI=1S/C52H101NO11S/c1-3-5-7-9-11-13-15-17-19-21-23-25-27-29-31-33-35-37-39-41-46(55)45(44-62-52-50(58)51(64-65(59,60)61)49(57)47(43-54)63-52)53-48(56)42-40-38-36-34-32-30-28-26-24-22-20-18-16-14-12-10-8-6-4-2/h39,41,45-47,49-52,54-55,57-58H,3-38,40,42-44H2,1-2H3,(H,53,56)(H,59,60,61)/b41-39+. The smallest absolute Gasteiger partial charge is 0.394 e. The van der Waals surface area contributed by atoms with Crippen molar-refractivity contribution < 1.29 is 51.8 Å². The molecule has 1 fully saturated rings. The normalized spacial score (nSPS) is 20.1. The topological polar surface area (TPSA) is 192 Å². The lowest BCUT2D eigenvalue weighted by Gasteiger charge is -2.41. The van der Waals surface area contributed by atoms with E-state index in [1.165, 1.54) is 193 Å². The fraction of sp³-hybridized carbons (Fsp3) is 0.942. The number of aliphatic hydroxyl groups excluding tert-OH is 4. The molecule has 0 aliphatic carbocycles. The van der Waals surface area contributed by atoms with Crippen LogP contribution in [-0.4, -0.2) is 95.4 Å². The maximum Gasteiger partial charge on any atom is 0.397 e. The Morgan fingerprint density at radius 1 is 0.600 bits per heavy atom. The molecule has 65 heavy (non-hydrogen) atoms. The first kappa shape index (κ1) is 61.9. The molecule has 1 aliphatic heterocycles. The third-order valence-corrected chi connectivity index (χ3v) is 13.5. The summed E-state index contributed by atoms with van der Waals surface area (Å²) in [4.78, 5) is 13.1. The van der Waals surface area contributed by atoms with Crippen LogP contribution in [0.25, 0.3) is 0 Å². The van der Waals surface area contributed by atoms with Crippen LogP contribution in [0.1, 0.15) is 258 Å². The molecule has 13 heteroatoms. The van der Waals surface area contributed by atoms with E-state index in [-0.39, 0.29) is 18.9 Å². The van der Waals surface area contributed by atoms with Gasteiger partial charge >= 0.3 is 10.4 Å². The zero-order valence-corrected chi connectivity index (χ0v) is 42.4. The van der Waals surface area contributed by atoms with E-state index < -0.39 is 59.9 Å². The van der Waals surface area contributed by atoms with Crippen LogP contribution in [0.5, 0.6) is 0 Å². The molecule has 386 valence electrons. The summed E-state index contributed by atoms with van der Waals surface area (Å²) in [6, 6.07) is -0.939. The Morgan fingerprint density at radius 2 is 0.969 bits per heavy atom. The van der Waals surface area contributed by atoms with Gasteiger partial charge in [0.25, 0.3) is 0 Å². The molecule has 0 aromatic rings. The molecule has 1 rings (SSSR count). The summed E-state index contributed by atoms with van der Waals surface area (Å²) in [7, 11) is -5.08. The van der Waals surface area contributed by atoms with Gasteiger partial charge in [-0.05, 0) is 19.3 Å². The van der Waals surface area contributed by atoms with Gasteiger partial charge in [0, 0.05) is 6.42 Å². The highest BCUT2D eigenvalue weighted by atomic mass is 32.3. The van der Waals surface area contributed by atoms with E-state index in [0.29, 0.717) is 6.42 Å². The van der Waals surface area contributed by atoms with E-state index in [0.717, 1.165) is 38.5 Å². The number of aliphatic hydroxyl groups is 4. The SMILES string of the molecule is CCCCCCCCCCCCCCCCCCC/C=C/C(O)C(COC1OC(CO)C(O)C(OS(=O)(=O)O)C1O)NC(=O)CCCCCCCCCCCCCCCCCCCCC. The first-order chi connectivity index (χ1) is 31.5. The average molecular weight is 948 g/mol. The summed E-state index contributed by atoms with van der Waals surface area (Å²) in [5.74, 6) is -0.257. The number of rotatable bonds is 47. The number of hydrogen-bond acceptors (Lipinski definition) is 10. The van der Waals surface area contributed by atoms with Gasteiger partial charge in [-0.25, -0.2) is 4.18 Å². The van der Waals surface area contributed by atoms with E-state index in [1.807, 2.05) is 6.08 Å². The lowest BCUT2D eigenvalue weighted by molar-refractivity contribution is -0.298. The van der Waals surface area contributed by atoms with Crippen molar-refractivity contribution in [2.24, 2.45) is 0 Å². The quantitative estimate of drug-likeness (QED) is 0.0193. The molecule has 0 spiro atoms. The van der Waals surface area contributed by atoms with Crippen molar-refractivity contribution >= 4 is 16.3 Å². The zero-order valence-electron chi connectivity index (χ0n) is 41.6. The predicted molar refractivity (Wildman–Crippen MR) is 264 cm³/mol. The number of hydrogen-bond donors (Lipinski definition) is 6. The van der Waals surface area contributed by atoms with E-state index in [1.54, 1.807) is 6.08 Å². The highest BCUT2D eigenvalue weighted by molar-refractivity contribution is 7.80. The molecular weight excluding hydrogens is 847 g/mol. The number of unbranched alkanes of at least 4 members (excludes halogenated alkanes) is 35. The van der Waals surface area contributed by atoms with Gasteiger partial charge in [-0.1, -0.05) is 244 Å². The Morgan fingerprint density at radius 3 is 1.34 bits per heavy atom. The van der Waals surface area contributed by atoms with Crippen LogP contribution in [-0.2, 0) is 28.9 Å². The third-order valence-electron chi connectivity index (χ3n) is 13.1. The zero-order chi connectivity index (χ0) is 47.6. The van der Waals surface area contributed by atoms with Crippen molar-refractivity contribution in [1.82, 2.24) is 5.32 Å². The van der Waals surface area contributed by atoms with Crippen molar-refractivity contribution in [2.75, 3.05) is 13.2 Å². The van der Waals surface area contributed by atoms with Crippen molar-refractivity contribution in [2.45, 2.75) is 301 Å². The largest absolute Gasteiger partial charge is 0.397 e. The number of ether oxygens (including phenoxy) is 2. The number of carbonyl (C=O) groups excluding carboxylic acids is 1. The van der Waals surface area contributed by atoms with Gasteiger partial charge in [-0.2, -0.15) is 8.42 Å². The number of nitrogens with one attached hydrogen (secondary N) is 1. The van der Waals surface area contributed by atoms with E-state index in [4.69, 9.17) is 9.47 Å². The molecule has 1 aliphatic rings. The molecule has 0 saturated carbocycles. The summed E-state index contributed by atoms with van der Waals surface area (Å²) in [5.41, 5.74) is 0. The molecule has 0 aromatic heterocycles. The van der Waals surface area contributed by atoms with Crippen molar-refractivity contribution in [3.63, 3.8) is 0 Å². The minimum absolute atomic E-state index is 0.257. The van der Waals surface area contributed by atoms with Crippen LogP contribution in [0.2, 0.25) is 0 Å². The monoisotopic (exact) mass is 948 g/mol. The van der Waals surface area contributed by atoms with E-state index in [2.05, 4.69) is 23.3 Å². The van der Waals surface area contributed by atoms with Gasteiger partial charge in [-0.3, -0.25) is 9.35 Å².